The molecule has 1 aliphatic rings. The quantitative estimate of drug-likeness (QED) is 0.410. The zero-order chi connectivity index (χ0) is 24.2. The van der Waals surface area contributed by atoms with Gasteiger partial charge in [-0.05, 0) is 73.4 Å². The molecular weight excluding hydrogens is 451 g/mol. The van der Waals surface area contributed by atoms with Gasteiger partial charge in [0.25, 0.3) is 0 Å². The van der Waals surface area contributed by atoms with Crippen molar-refractivity contribution in [3.63, 3.8) is 0 Å². The zero-order valence-corrected chi connectivity index (χ0v) is 20.1. The molecule has 0 spiro atoms. The SMILES string of the molecule is COc1ccc(C2C(CCCC(O)c3ccc(F)cc3)N(C)C(=S)N2c2ccccc2)c(O)c1. The van der Waals surface area contributed by atoms with Crippen LogP contribution in [0.2, 0.25) is 0 Å². The maximum absolute atomic E-state index is 13.2. The lowest BCUT2D eigenvalue weighted by molar-refractivity contribution is 0.159. The lowest BCUT2D eigenvalue weighted by atomic mass is 9.92. The van der Waals surface area contributed by atoms with E-state index in [2.05, 4.69) is 9.80 Å². The standard InChI is InChI=1S/C27H29FN2O3S/c1-29-23(9-6-10-24(31)18-11-13-19(28)14-12-18)26(22-16-15-21(33-2)17-25(22)32)30(27(29)34)20-7-4-3-5-8-20/h3-5,7-8,11-17,23-24,26,31-32H,6,9-10H2,1-2H3. The van der Waals surface area contributed by atoms with Crippen LogP contribution in [-0.2, 0) is 0 Å². The van der Waals surface area contributed by atoms with Crippen molar-refractivity contribution in [1.82, 2.24) is 4.90 Å². The Morgan fingerprint density at radius 2 is 1.76 bits per heavy atom. The van der Waals surface area contributed by atoms with Gasteiger partial charge < -0.3 is 24.7 Å². The Morgan fingerprint density at radius 1 is 1.06 bits per heavy atom. The molecule has 0 saturated carbocycles. The smallest absolute Gasteiger partial charge is 0.176 e. The molecule has 0 aliphatic carbocycles. The maximum Gasteiger partial charge on any atom is 0.176 e. The fraction of sp³-hybridized carbons (Fsp3) is 0.296. The van der Waals surface area contributed by atoms with E-state index in [9.17, 15) is 14.6 Å². The lowest BCUT2D eigenvalue weighted by Crippen LogP contribution is -2.30. The minimum atomic E-state index is -0.669. The van der Waals surface area contributed by atoms with Crippen LogP contribution in [0.1, 0.15) is 42.5 Å². The Morgan fingerprint density at radius 3 is 2.41 bits per heavy atom. The van der Waals surface area contributed by atoms with Gasteiger partial charge in [-0.25, -0.2) is 4.39 Å². The van der Waals surface area contributed by atoms with Gasteiger partial charge in [-0.1, -0.05) is 30.3 Å². The third-order valence-electron chi connectivity index (χ3n) is 6.47. The van der Waals surface area contributed by atoms with E-state index in [0.717, 1.165) is 24.1 Å². The number of rotatable bonds is 8. The molecule has 1 fully saturated rings. The van der Waals surface area contributed by atoms with Crippen LogP contribution in [0.4, 0.5) is 10.1 Å². The minimum Gasteiger partial charge on any atom is -0.507 e. The van der Waals surface area contributed by atoms with Crippen molar-refractivity contribution in [2.24, 2.45) is 0 Å². The fourth-order valence-electron chi connectivity index (χ4n) is 4.64. The van der Waals surface area contributed by atoms with Gasteiger partial charge in [0.1, 0.15) is 17.3 Å². The number of phenolic OH excluding ortho intramolecular Hbond substituents is 1. The molecule has 0 radical (unpaired) electrons. The van der Waals surface area contributed by atoms with Gasteiger partial charge in [-0.2, -0.15) is 0 Å². The highest BCUT2D eigenvalue weighted by molar-refractivity contribution is 7.80. The predicted molar refractivity (Wildman–Crippen MR) is 136 cm³/mol. The first kappa shape index (κ1) is 24.0. The number of aliphatic hydroxyl groups is 1. The van der Waals surface area contributed by atoms with E-state index in [1.54, 1.807) is 25.3 Å². The molecule has 1 saturated heterocycles. The Labute approximate surface area is 205 Å². The van der Waals surface area contributed by atoms with E-state index >= 15 is 0 Å². The molecule has 1 aliphatic heterocycles. The van der Waals surface area contributed by atoms with Crippen molar-refractivity contribution in [2.45, 2.75) is 37.5 Å². The number of aromatic hydroxyl groups is 1. The number of hydrogen-bond acceptors (Lipinski definition) is 4. The summed E-state index contributed by atoms with van der Waals surface area (Å²) in [5.41, 5.74) is 2.42. The molecule has 0 amide bonds. The molecular formula is C27H29FN2O3S. The molecule has 7 heteroatoms. The second kappa shape index (κ2) is 10.4. The van der Waals surface area contributed by atoms with Crippen LogP contribution < -0.4 is 9.64 Å². The maximum atomic E-state index is 13.2. The number of methoxy groups -OCH3 is 1. The average molecular weight is 481 g/mol. The van der Waals surface area contributed by atoms with Gasteiger partial charge in [0.2, 0.25) is 0 Å². The van der Waals surface area contributed by atoms with Crippen molar-refractivity contribution in [2.75, 3.05) is 19.1 Å². The molecule has 0 bridgehead atoms. The van der Waals surface area contributed by atoms with Crippen LogP contribution in [0.15, 0.2) is 72.8 Å². The van der Waals surface area contributed by atoms with Gasteiger partial charge in [0.15, 0.2) is 5.11 Å². The van der Waals surface area contributed by atoms with Gasteiger partial charge in [0, 0.05) is 24.4 Å². The summed E-state index contributed by atoms with van der Waals surface area (Å²) in [4.78, 5) is 4.15. The second-order valence-electron chi connectivity index (χ2n) is 8.53. The van der Waals surface area contributed by atoms with Crippen LogP contribution in [0, 0.1) is 5.82 Å². The predicted octanol–water partition coefficient (Wildman–Crippen LogP) is 5.59. The van der Waals surface area contributed by atoms with Crippen molar-refractivity contribution < 1.29 is 19.3 Å². The summed E-state index contributed by atoms with van der Waals surface area (Å²) in [6.45, 7) is 0. The van der Waals surface area contributed by atoms with Crippen LogP contribution in [0.25, 0.3) is 0 Å². The first-order chi connectivity index (χ1) is 16.4. The minimum absolute atomic E-state index is 0.0209. The topological polar surface area (TPSA) is 56.2 Å². The highest BCUT2D eigenvalue weighted by Crippen LogP contribution is 2.44. The summed E-state index contributed by atoms with van der Waals surface area (Å²) in [5.74, 6) is 0.417. The fourth-order valence-corrected chi connectivity index (χ4v) is 5.00. The number of phenols is 1. The number of anilines is 1. The number of nitrogens with zero attached hydrogens (tertiary/aromatic N) is 2. The van der Waals surface area contributed by atoms with E-state index in [1.165, 1.54) is 12.1 Å². The van der Waals surface area contributed by atoms with Crippen molar-refractivity contribution in [3.8, 4) is 11.5 Å². The van der Waals surface area contributed by atoms with Crippen LogP contribution in [-0.4, -0.2) is 40.4 Å². The molecule has 0 aromatic heterocycles. The van der Waals surface area contributed by atoms with E-state index in [0.29, 0.717) is 22.8 Å². The summed E-state index contributed by atoms with van der Waals surface area (Å²) < 4.78 is 18.5. The number of para-hydroxylation sites is 1. The lowest BCUT2D eigenvalue weighted by Gasteiger charge is -2.29. The molecule has 34 heavy (non-hydrogen) atoms. The monoisotopic (exact) mass is 480 g/mol. The molecule has 2 N–H and O–H groups in total. The Bertz CT molecular complexity index is 1130. The number of thiocarbonyl (C=S) groups is 1. The number of ether oxygens (including phenoxy) is 1. The summed E-state index contributed by atoms with van der Waals surface area (Å²) in [6, 6.07) is 21.0. The molecule has 4 rings (SSSR count). The molecule has 178 valence electrons. The number of aliphatic hydroxyl groups excluding tert-OH is 1. The van der Waals surface area contributed by atoms with E-state index in [1.807, 2.05) is 49.5 Å². The molecule has 1 heterocycles. The Kier molecular flexibility index (Phi) is 7.34. The largest absolute Gasteiger partial charge is 0.507 e. The average Bonchev–Trinajstić information content (AvgIpc) is 3.09. The van der Waals surface area contributed by atoms with Crippen LogP contribution in [0.3, 0.4) is 0 Å². The molecule has 3 aromatic rings. The number of halogens is 1. The van der Waals surface area contributed by atoms with Gasteiger partial charge in [-0.15, -0.1) is 0 Å². The van der Waals surface area contributed by atoms with E-state index in [-0.39, 0.29) is 23.7 Å². The number of hydrogen-bond donors (Lipinski definition) is 2. The first-order valence-electron chi connectivity index (χ1n) is 11.3. The molecule has 3 aromatic carbocycles. The number of benzene rings is 3. The number of likely N-dealkylation sites (N-methyl/N-ethyl adjacent to an activating group) is 1. The van der Waals surface area contributed by atoms with Crippen LogP contribution in [0.5, 0.6) is 11.5 Å². The van der Waals surface area contributed by atoms with Crippen LogP contribution >= 0.6 is 12.2 Å². The Hall–Kier alpha value is -3.16. The Balaban J connectivity index is 1.60. The highest BCUT2D eigenvalue weighted by atomic mass is 32.1. The van der Waals surface area contributed by atoms with Gasteiger partial charge in [0.05, 0.1) is 25.3 Å². The first-order valence-corrected chi connectivity index (χ1v) is 11.7. The van der Waals surface area contributed by atoms with E-state index < -0.39 is 6.10 Å². The zero-order valence-electron chi connectivity index (χ0n) is 19.3. The summed E-state index contributed by atoms with van der Waals surface area (Å²) in [7, 11) is 3.54. The summed E-state index contributed by atoms with van der Waals surface area (Å²) in [6.07, 6.45) is 1.34. The molecule has 5 nitrogen and oxygen atoms in total. The second-order valence-corrected chi connectivity index (χ2v) is 8.90. The highest BCUT2D eigenvalue weighted by Gasteiger charge is 2.43. The third-order valence-corrected chi connectivity index (χ3v) is 6.96. The van der Waals surface area contributed by atoms with E-state index in [4.69, 9.17) is 17.0 Å². The van der Waals surface area contributed by atoms with Crippen molar-refractivity contribution >= 4 is 23.0 Å². The van der Waals surface area contributed by atoms with Gasteiger partial charge in [-0.3, -0.25) is 0 Å². The van der Waals surface area contributed by atoms with Crippen molar-refractivity contribution in [1.29, 1.82) is 0 Å². The molecule has 3 unspecified atom stereocenters. The summed E-state index contributed by atoms with van der Waals surface area (Å²) in [5, 5.41) is 22.2. The normalized spacial score (nSPS) is 18.9. The van der Waals surface area contributed by atoms with Gasteiger partial charge >= 0.3 is 0 Å². The van der Waals surface area contributed by atoms with Crippen molar-refractivity contribution in [3.05, 3.63) is 89.7 Å². The summed E-state index contributed by atoms with van der Waals surface area (Å²) >= 11 is 5.84. The third kappa shape index (κ3) is 4.86. The molecule has 3 atom stereocenters.